The second-order valence-electron chi connectivity index (χ2n) is 5.46. The van der Waals surface area contributed by atoms with Crippen molar-refractivity contribution in [3.05, 3.63) is 23.8 Å². The number of likely N-dealkylation sites (tertiary alicyclic amines) is 2. The van der Waals surface area contributed by atoms with Crippen molar-refractivity contribution in [2.24, 2.45) is 5.41 Å². The minimum absolute atomic E-state index is 0.625. The van der Waals surface area contributed by atoms with Gasteiger partial charge < -0.3 is 4.90 Å². The lowest BCUT2D eigenvalue weighted by atomic mass is 9.73. The highest BCUT2D eigenvalue weighted by Crippen LogP contribution is 2.39. The Morgan fingerprint density at radius 1 is 1.19 bits per heavy atom. The van der Waals surface area contributed by atoms with Crippen molar-refractivity contribution in [1.29, 1.82) is 0 Å². The summed E-state index contributed by atoms with van der Waals surface area (Å²) in [5, 5.41) is 0. The minimum atomic E-state index is 0.625. The molecule has 3 heterocycles. The van der Waals surface area contributed by atoms with Gasteiger partial charge in [-0.3, -0.25) is 4.90 Å². The zero-order valence-electron chi connectivity index (χ0n) is 9.98. The van der Waals surface area contributed by atoms with Crippen molar-refractivity contribution >= 4 is 0 Å². The molecule has 2 aliphatic rings. The lowest BCUT2D eigenvalue weighted by Crippen LogP contribution is -2.70. The van der Waals surface area contributed by atoms with Gasteiger partial charge in [-0.15, -0.1) is 0 Å². The van der Waals surface area contributed by atoms with Crippen LogP contribution in [0.25, 0.3) is 0 Å². The van der Waals surface area contributed by atoms with Gasteiger partial charge in [0, 0.05) is 56.1 Å². The normalized spacial score (nSPS) is 24.1. The molecule has 0 saturated carbocycles. The third-order valence-corrected chi connectivity index (χ3v) is 3.57. The van der Waals surface area contributed by atoms with Gasteiger partial charge in [0.05, 0.1) is 0 Å². The van der Waals surface area contributed by atoms with E-state index in [0.29, 0.717) is 5.41 Å². The van der Waals surface area contributed by atoms with Gasteiger partial charge in [0.2, 0.25) is 0 Å². The Labute approximate surface area is 96.3 Å². The molecule has 86 valence electrons. The first-order valence-electron chi connectivity index (χ1n) is 5.84. The van der Waals surface area contributed by atoms with Crippen molar-refractivity contribution in [3.63, 3.8) is 0 Å². The van der Waals surface area contributed by atoms with Crippen LogP contribution in [0.1, 0.15) is 11.4 Å². The first-order valence-corrected chi connectivity index (χ1v) is 5.84. The highest BCUT2D eigenvalue weighted by molar-refractivity contribution is 5.10. The second kappa shape index (κ2) is 3.50. The van der Waals surface area contributed by atoms with E-state index in [2.05, 4.69) is 26.8 Å². The van der Waals surface area contributed by atoms with E-state index in [9.17, 15) is 0 Å². The van der Waals surface area contributed by atoms with Crippen molar-refractivity contribution < 1.29 is 0 Å². The Morgan fingerprint density at radius 2 is 1.81 bits per heavy atom. The lowest BCUT2D eigenvalue weighted by Gasteiger charge is -2.59. The summed E-state index contributed by atoms with van der Waals surface area (Å²) in [6.07, 6.45) is 3.89. The minimum Gasteiger partial charge on any atom is -0.305 e. The maximum absolute atomic E-state index is 4.23. The molecule has 0 atom stereocenters. The third kappa shape index (κ3) is 1.72. The van der Waals surface area contributed by atoms with Gasteiger partial charge in [0.25, 0.3) is 0 Å². The molecule has 2 fully saturated rings. The molecule has 4 nitrogen and oxygen atoms in total. The molecule has 0 aliphatic carbocycles. The summed E-state index contributed by atoms with van der Waals surface area (Å²) in [4.78, 5) is 13.3. The van der Waals surface area contributed by atoms with Crippen molar-refractivity contribution in [2.75, 3.05) is 33.2 Å². The van der Waals surface area contributed by atoms with E-state index in [1.165, 1.54) is 31.7 Å². The topological polar surface area (TPSA) is 32.3 Å². The SMILES string of the molecule is Cc1ncc(CN2CC3(CN(C)C3)C2)cn1. The molecule has 3 rings (SSSR count). The second-order valence-corrected chi connectivity index (χ2v) is 5.46. The van der Waals surface area contributed by atoms with Crippen LogP contribution in [0.3, 0.4) is 0 Å². The Hall–Kier alpha value is -1.00. The highest BCUT2D eigenvalue weighted by atomic mass is 15.3. The van der Waals surface area contributed by atoms with Gasteiger partial charge in [-0.25, -0.2) is 9.97 Å². The summed E-state index contributed by atoms with van der Waals surface area (Å²) in [6.45, 7) is 7.95. The molecule has 4 heteroatoms. The molecule has 0 unspecified atom stereocenters. The monoisotopic (exact) mass is 218 g/mol. The average molecular weight is 218 g/mol. The van der Waals surface area contributed by atoms with E-state index in [1.54, 1.807) is 0 Å². The molecule has 16 heavy (non-hydrogen) atoms. The maximum atomic E-state index is 4.23. The fourth-order valence-electron chi connectivity index (χ4n) is 3.07. The summed E-state index contributed by atoms with van der Waals surface area (Å²) in [5.41, 5.74) is 1.86. The van der Waals surface area contributed by atoms with Crippen molar-refractivity contribution in [1.82, 2.24) is 19.8 Å². The Bertz CT molecular complexity index is 373. The molecule has 2 saturated heterocycles. The zero-order valence-corrected chi connectivity index (χ0v) is 9.98. The smallest absolute Gasteiger partial charge is 0.125 e. The summed E-state index contributed by atoms with van der Waals surface area (Å²) in [7, 11) is 2.20. The predicted octanol–water partition coefficient (Wildman–Crippen LogP) is 0.532. The predicted molar refractivity (Wildman–Crippen MR) is 62.0 cm³/mol. The van der Waals surface area contributed by atoms with Gasteiger partial charge in [-0.1, -0.05) is 0 Å². The molecular weight excluding hydrogens is 200 g/mol. The number of aromatic nitrogens is 2. The Balaban J connectivity index is 1.53. The van der Waals surface area contributed by atoms with Crippen LogP contribution in [0, 0.1) is 12.3 Å². The van der Waals surface area contributed by atoms with E-state index < -0.39 is 0 Å². The number of hydrogen-bond acceptors (Lipinski definition) is 4. The molecule has 1 aromatic heterocycles. The van der Waals surface area contributed by atoms with Gasteiger partial charge in [0.1, 0.15) is 5.82 Å². The number of nitrogens with zero attached hydrogens (tertiary/aromatic N) is 4. The summed E-state index contributed by atoms with van der Waals surface area (Å²) >= 11 is 0. The molecule has 0 aromatic carbocycles. The van der Waals surface area contributed by atoms with Crippen LogP contribution >= 0.6 is 0 Å². The molecule has 2 aliphatic heterocycles. The fourth-order valence-corrected chi connectivity index (χ4v) is 3.07. The quantitative estimate of drug-likeness (QED) is 0.725. The van der Waals surface area contributed by atoms with Gasteiger partial charge in [-0.2, -0.15) is 0 Å². The zero-order chi connectivity index (χ0) is 11.2. The van der Waals surface area contributed by atoms with E-state index >= 15 is 0 Å². The van der Waals surface area contributed by atoms with Crippen molar-refractivity contribution in [3.8, 4) is 0 Å². The fraction of sp³-hybridized carbons (Fsp3) is 0.667. The van der Waals surface area contributed by atoms with E-state index in [0.717, 1.165) is 12.4 Å². The molecule has 0 N–H and O–H groups in total. The van der Waals surface area contributed by atoms with Gasteiger partial charge in [0.15, 0.2) is 0 Å². The van der Waals surface area contributed by atoms with E-state index in [4.69, 9.17) is 0 Å². The molecular formula is C12H18N4. The first-order chi connectivity index (χ1) is 7.65. The maximum Gasteiger partial charge on any atom is 0.125 e. The van der Waals surface area contributed by atoms with Crippen LogP contribution in [0.2, 0.25) is 0 Å². The molecule has 0 radical (unpaired) electrons. The average Bonchev–Trinajstić information content (AvgIpc) is 2.16. The Kier molecular flexibility index (Phi) is 2.23. The summed E-state index contributed by atoms with van der Waals surface area (Å²) < 4.78 is 0. The number of hydrogen-bond donors (Lipinski definition) is 0. The standard InChI is InChI=1S/C12H18N4/c1-10-13-3-11(4-14-10)5-16-8-12(9-16)6-15(2)7-12/h3-4H,5-9H2,1-2H3. The van der Waals surface area contributed by atoms with E-state index in [-0.39, 0.29) is 0 Å². The largest absolute Gasteiger partial charge is 0.305 e. The molecule has 1 aromatic rings. The van der Waals surface area contributed by atoms with Crippen LogP contribution in [-0.4, -0.2) is 53.0 Å². The van der Waals surface area contributed by atoms with Crippen LogP contribution in [0.5, 0.6) is 0 Å². The van der Waals surface area contributed by atoms with Gasteiger partial charge >= 0.3 is 0 Å². The van der Waals surface area contributed by atoms with Crippen LogP contribution in [-0.2, 0) is 6.54 Å². The van der Waals surface area contributed by atoms with Crippen molar-refractivity contribution in [2.45, 2.75) is 13.5 Å². The number of rotatable bonds is 2. The van der Waals surface area contributed by atoms with Crippen LogP contribution in [0.4, 0.5) is 0 Å². The van der Waals surface area contributed by atoms with E-state index in [1.807, 2.05) is 19.3 Å². The summed E-state index contributed by atoms with van der Waals surface area (Å²) in [6, 6.07) is 0. The van der Waals surface area contributed by atoms with Crippen LogP contribution in [0.15, 0.2) is 12.4 Å². The molecule has 0 amide bonds. The third-order valence-electron chi connectivity index (χ3n) is 3.57. The molecule has 0 bridgehead atoms. The van der Waals surface area contributed by atoms with Crippen LogP contribution < -0.4 is 0 Å². The van der Waals surface area contributed by atoms with Gasteiger partial charge in [-0.05, 0) is 14.0 Å². The highest BCUT2D eigenvalue weighted by Gasteiger charge is 2.49. The summed E-state index contributed by atoms with van der Waals surface area (Å²) in [5.74, 6) is 0.851. The number of aryl methyl sites for hydroxylation is 1. The lowest BCUT2D eigenvalue weighted by molar-refractivity contribution is -0.108. The Morgan fingerprint density at radius 3 is 2.38 bits per heavy atom. The first kappa shape index (κ1) is 10.2. The molecule has 1 spiro atoms.